The summed E-state index contributed by atoms with van der Waals surface area (Å²) in [5.41, 5.74) is 1.18. The van der Waals surface area contributed by atoms with Gasteiger partial charge in [0.1, 0.15) is 6.20 Å². The monoisotopic (exact) mass is 211 g/mol. The van der Waals surface area contributed by atoms with Crippen LogP contribution in [-0.2, 0) is 0 Å². The van der Waals surface area contributed by atoms with Crippen LogP contribution in [0.1, 0.15) is 5.56 Å². The molecule has 0 bridgehead atoms. The second-order valence-electron chi connectivity index (χ2n) is 3.51. The Morgan fingerprint density at radius 3 is 2.86 bits per heavy atom. The van der Waals surface area contributed by atoms with Gasteiger partial charge >= 0.3 is 5.82 Å². The molecule has 0 unspecified atom stereocenters. The smallest absolute Gasteiger partial charge is 0.316 e. The summed E-state index contributed by atoms with van der Waals surface area (Å²) in [6, 6.07) is 3.93. The Balaban J connectivity index is 2.24. The van der Waals surface area contributed by atoms with Crippen LogP contribution in [-0.4, -0.2) is 29.8 Å². The molecule has 1 aromatic rings. The number of rotatable bonds is 1. The number of aryl methyl sites for hydroxylation is 1. The van der Waals surface area contributed by atoms with Crippen LogP contribution in [0.25, 0.3) is 0 Å². The van der Waals surface area contributed by atoms with Crippen LogP contribution in [0.4, 0.5) is 5.82 Å². The van der Waals surface area contributed by atoms with Gasteiger partial charge in [-0.1, -0.05) is 4.73 Å². The van der Waals surface area contributed by atoms with E-state index < -0.39 is 0 Å². The van der Waals surface area contributed by atoms with E-state index in [1.807, 2.05) is 30.8 Å². The van der Waals surface area contributed by atoms with Gasteiger partial charge < -0.3 is 5.21 Å². The van der Waals surface area contributed by atoms with E-state index in [0.29, 0.717) is 0 Å². The number of pyridine rings is 1. The molecule has 1 saturated heterocycles. The molecule has 1 N–H and O–H groups in total. The highest BCUT2D eigenvalue weighted by atomic mass is 32.2. The van der Waals surface area contributed by atoms with Crippen molar-refractivity contribution in [3.8, 4) is 0 Å². The summed E-state index contributed by atoms with van der Waals surface area (Å²) in [7, 11) is 0. The van der Waals surface area contributed by atoms with Crippen LogP contribution < -0.4 is 9.63 Å². The minimum atomic E-state index is 0.908. The van der Waals surface area contributed by atoms with Crippen molar-refractivity contribution in [2.75, 3.05) is 29.5 Å². The van der Waals surface area contributed by atoms with E-state index >= 15 is 0 Å². The van der Waals surface area contributed by atoms with Crippen molar-refractivity contribution in [3.05, 3.63) is 23.9 Å². The molecule has 0 radical (unpaired) electrons. The zero-order valence-electron chi connectivity index (χ0n) is 8.31. The van der Waals surface area contributed by atoms with Gasteiger partial charge in [-0.05, 0) is 18.6 Å². The maximum Gasteiger partial charge on any atom is 0.316 e. The molecule has 1 fully saturated rings. The van der Waals surface area contributed by atoms with E-state index in [4.69, 9.17) is 0 Å². The summed E-state index contributed by atoms with van der Waals surface area (Å²) in [6.07, 6.45) is 1.70. The molecule has 2 heterocycles. The van der Waals surface area contributed by atoms with Gasteiger partial charge in [-0.25, -0.2) is 0 Å². The van der Waals surface area contributed by atoms with E-state index in [-0.39, 0.29) is 0 Å². The summed E-state index contributed by atoms with van der Waals surface area (Å²) in [6.45, 7) is 4.09. The highest BCUT2D eigenvalue weighted by molar-refractivity contribution is 7.99. The van der Waals surface area contributed by atoms with Gasteiger partial charge in [-0.3, -0.25) is 4.90 Å². The SMILES string of the molecule is Cc1cc[n+](O)c(N2CCSCC2)c1. The molecule has 0 saturated carbocycles. The Labute approximate surface area is 88.3 Å². The molecule has 0 amide bonds. The van der Waals surface area contributed by atoms with Crippen molar-refractivity contribution in [3.63, 3.8) is 0 Å². The highest BCUT2D eigenvalue weighted by Crippen LogP contribution is 2.16. The van der Waals surface area contributed by atoms with E-state index in [1.165, 1.54) is 10.3 Å². The second kappa shape index (κ2) is 4.09. The van der Waals surface area contributed by atoms with E-state index in [9.17, 15) is 5.21 Å². The Bertz CT molecular complexity index is 324. The standard InChI is InChI=1S/C10H15N2OS/c1-9-2-3-12(13)10(8-9)11-4-6-14-7-5-11/h2-3,8,13H,4-7H2,1H3/q+1. The molecule has 76 valence electrons. The summed E-state index contributed by atoms with van der Waals surface area (Å²) in [5, 5.41) is 9.66. The Kier molecular flexibility index (Phi) is 2.82. The molecular formula is C10H15N2OS+. The van der Waals surface area contributed by atoms with Crippen molar-refractivity contribution < 1.29 is 9.94 Å². The number of nitrogens with zero attached hydrogens (tertiary/aromatic N) is 2. The summed E-state index contributed by atoms with van der Waals surface area (Å²) >= 11 is 1.97. The summed E-state index contributed by atoms with van der Waals surface area (Å²) in [5.74, 6) is 3.20. The molecule has 1 aliphatic heterocycles. The molecule has 0 atom stereocenters. The van der Waals surface area contributed by atoms with Gasteiger partial charge in [0, 0.05) is 17.6 Å². The topological polar surface area (TPSA) is 27.4 Å². The first-order chi connectivity index (χ1) is 6.77. The number of hydrogen-bond donors (Lipinski definition) is 1. The number of aromatic nitrogens is 1. The van der Waals surface area contributed by atoms with Gasteiger partial charge in [0.2, 0.25) is 0 Å². The molecule has 14 heavy (non-hydrogen) atoms. The van der Waals surface area contributed by atoms with Gasteiger partial charge in [-0.2, -0.15) is 11.8 Å². The van der Waals surface area contributed by atoms with Crippen LogP contribution >= 0.6 is 11.8 Å². The van der Waals surface area contributed by atoms with Crippen molar-refractivity contribution >= 4 is 17.6 Å². The largest absolute Gasteiger partial charge is 0.350 e. The second-order valence-corrected chi connectivity index (χ2v) is 4.73. The third-order valence-electron chi connectivity index (χ3n) is 2.41. The van der Waals surface area contributed by atoms with Crippen LogP contribution in [0, 0.1) is 6.92 Å². The lowest BCUT2D eigenvalue weighted by Crippen LogP contribution is -2.43. The molecule has 1 aliphatic rings. The van der Waals surface area contributed by atoms with E-state index in [1.54, 1.807) is 6.20 Å². The van der Waals surface area contributed by atoms with Crippen LogP contribution in [0.3, 0.4) is 0 Å². The predicted octanol–water partition coefficient (Wildman–Crippen LogP) is 1.07. The number of thioether (sulfide) groups is 1. The van der Waals surface area contributed by atoms with Crippen LogP contribution in [0.2, 0.25) is 0 Å². The Hall–Kier alpha value is -0.900. The first-order valence-corrected chi connectivity index (χ1v) is 5.97. The molecular weight excluding hydrogens is 196 g/mol. The Morgan fingerprint density at radius 1 is 1.43 bits per heavy atom. The van der Waals surface area contributed by atoms with Crippen LogP contribution in [0.15, 0.2) is 18.3 Å². The maximum atomic E-state index is 9.66. The fourth-order valence-corrected chi connectivity index (χ4v) is 2.51. The quantitative estimate of drug-likeness (QED) is 0.556. The van der Waals surface area contributed by atoms with Gasteiger partial charge in [0.25, 0.3) is 0 Å². The van der Waals surface area contributed by atoms with Gasteiger partial charge in [0.15, 0.2) is 0 Å². The highest BCUT2D eigenvalue weighted by Gasteiger charge is 2.21. The average molecular weight is 211 g/mol. The lowest BCUT2D eigenvalue weighted by atomic mass is 10.3. The van der Waals surface area contributed by atoms with Crippen molar-refractivity contribution in [2.24, 2.45) is 0 Å². The van der Waals surface area contributed by atoms with Gasteiger partial charge in [0.05, 0.1) is 13.1 Å². The van der Waals surface area contributed by atoms with E-state index in [0.717, 1.165) is 30.4 Å². The summed E-state index contributed by atoms with van der Waals surface area (Å²) < 4.78 is 1.21. The van der Waals surface area contributed by atoms with Crippen molar-refractivity contribution in [1.82, 2.24) is 0 Å². The average Bonchev–Trinajstić information content (AvgIpc) is 2.23. The fraction of sp³-hybridized carbons (Fsp3) is 0.500. The van der Waals surface area contributed by atoms with Gasteiger partial charge in [-0.15, -0.1) is 0 Å². The molecule has 3 nitrogen and oxygen atoms in total. The molecule has 4 heteroatoms. The van der Waals surface area contributed by atoms with E-state index in [2.05, 4.69) is 4.90 Å². The predicted molar refractivity (Wildman–Crippen MR) is 58.1 cm³/mol. The number of hydrogen-bond acceptors (Lipinski definition) is 3. The molecule has 0 spiro atoms. The Morgan fingerprint density at radius 2 is 2.14 bits per heavy atom. The molecule has 0 aliphatic carbocycles. The molecule has 0 aromatic carbocycles. The fourth-order valence-electron chi connectivity index (χ4n) is 1.61. The summed E-state index contributed by atoms with van der Waals surface area (Å²) in [4.78, 5) is 2.23. The maximum absolute atomic E-state index is 9.66. The first-order valence-electron chi connectivity index (χ1n) is 4.81. The zero-order valence-corrected chi connectivity index (χ0v) is 9.13. The zero-order chi connectivity index (χ0) is 9.97. The number of anilines is 1. The van der Waals surface area contributed by atoms with Crippen LogP contribution in [0.5, 0.6) is 0 Å². The third kappa shape index (κ3) is 1.95. The first kappa shape index (κ1) is 9.65. The lowest BCUT2D eigenvalue weighted by Gasteiger charge is -2.21. The lowest BCUT2D eigenvalue weighted by molar-refractivity contribution is -0.894. The minimum absolute atomic E-state index is 0.908. The molecule has 2 rings (SSSR count). The minimum Gasteiger partial charge on any atom is -0.350 e. The third-order valence-corrected chi connectivity index (χ3v) is 3.35. The normalized spacial score (nSPS) is 17.1. The molecule has 1 aromatic heterocycles. The van der Waals surface area contributed by atoms with Crippen molar-refractivity contribution in [1.29, 1.82) is 0 Å². The van der Waals surface area contributed by atoms with Crippen molar-refractivity contribution in [2.45, 2.75) is 6.92 Å².